The Kier molecular flexibility index (Phi) is 3.08. The van der Waals surface area contributed by atoms with E-state index in [1.165, 1.54) is 0 Å². The fourth-order valence-electron chi connectivity index (χ4n) is 2.25. The number of likely N-dealkylation sites (tertiary alicyclic amines) is 1. The molecule has 16 heavy (non-hydrogen) atoms. The maximum absolute atomic E-state index is 10.9. The van der Waals surface area contributed by atoms with E-state index in [1.807, 2.05) is 11.8 Å². The third kappa shape index (κ3) is 1.87. The van der Waals surface area contributed by atoms with Crippen LogP contribution in [-0.4, -0.2) is 29.9 Å². The van der Waals surface area contributed by atoms with Crippen LogP contribution in [0.5, 0.6) is 5.88 Å². The number of carbonyl (C=O) groups is 1. The van der Waals surface area contributed by atoms with Crippen molar-refractivity contribution in [2.75, 3.05) is 13.7 Å². The molecule has 0 saturated carbocycles. The molecule has 0 aromatic carbocycles. The summed E-state index contributed by atoms with van der Waals surface area (Å²) in [4.78, 5) is 17.0. The summed E-state index contributed by atoms with van der Waals surface area (Å²) >= 11 is 0. The Morgan fingerprint density at radius 2 is 2.44 bits per heavy atom. The smallest absolute Gasteiger partial charge is 0.215 e. The maximum Gasteiger partial charge on any atom is 0.215 e. The van der Waals surface area contributed by atoms with Crippen molar-refractivity contribution < 1.29 is 9.53 Å². The summed E-state index contributed by atoms with van der Waals surface area (Å²) in [6.45, 7) is 2.81. The number of pyridine rings is 1. The van der Waals surface area contributed by atoms with Crippen LogP contribution in [0.3, 0.4) is 0 Å². The number of ether oxygens (including phenoxy) is 1. The quantitative estimate of drug-likeness (QED) is 0.728. The topological polar surface area (TPSA) is 42.4 Å². The maximum atomic E-state index is 10.9. The molecule has 0 radical (unpaired) electrons. The van der Waals surface area contributed by atoms with Crippen molar-refractivity contribution in [2.24, 2.45) is 0 Å². The molecule has 86 valence electrons. The minimum absolute atomic E-state index is 0.189. The van der Waals surface area contributed by atoms with Crippen molar-refractivity contribution in [3.63, 3.8) is 0 Å². The Balaban J connectivity index is 2.27. The molecule has 1 saturated heterocycles. The molecule has 2 heterocycles. The highest BCUT2D eigenvalue weighted by atomic mass is 16.5. The van der Waals surface area contributed by atoms with E-state index in [-0.39, 0.29) is 6.04 Å². The number of methoxy groups -OCH3 is 1. The average molecular weight is 220 g/mol. The lowest BCUT2D eigenvalue weighted by Crippen LogP contribution is -2.21. The summed E-state index contributed by atoms with van der Waals surface area (Å²) in [6.07, 6.45) is 4.82. The minimum Gasteiger partial charge on any atom is -0.481 e. The van der Waals surface area contributed by atoms with Crippen molar-refractivity contribution in [2.45, 2.75) is 25.8 Å². The molecule has 1 aromatic heterocycles. The first-order chi connectivity index (χ1) is 7.76. The fourth-order valence-corrected chi connectivity index (χ4v) is 2.25. The normalized spacial score (nSPS) is 19.9. The molecule has 4 heteroatoms. The van der Waals surface area contributed by atoms with Gasteiger partial charge in [-0.2, -0.15) is 0 Å². The standard InChI is InChI=1S/C12H16N2O2/c1-9-6-10(7-13-12(9)16-2)11-4-3-5-14(11)8-15/h6-8,11H,3-5H2,1-2H3. The SMILES string of the molecule is COc1ncc(C2CCCN2C=O)cc1C. The number of nitrogens with zero attached hydrogens (tertiary/aromatic N) is 2. The number of carbonyl (C=O) groups excluding carboxylic acids is 1. The molecule has 0 bridgehead atoms. The lowest BCUT2D eigenvalue weighted by atomic mass is 10.1. The first kappa shape index (κ1) is 10.9. The fraction of sp³-hybridized carbons (Fsp3) is 0.500. The summed E-state index contributed by atoms with van der Waals surface area (Å²) in [6, 6.07) is 2.24. The first-order valence-corrected chi connectivity index (χ1v) is 5.48. The molecule has 4 nitrogen and oxygen atoms in total. The van der Waals surface area contributed by atoms with Gasteiger partial charge >= 0.3 is 0 Å². The van der Waals surface area contributed by atoms with Gasteiger partial charge in [-0.25, -0.2) is 4.98 Å². The zero-order valence-electron chi connectivity index (χ0n) is 9.64. The van der Waals surface area contributed by atoms with E-state index in [0.29, 0.717) is 5.88 Å². The van der Waals surface area contributed by atoms with Crippen LogP contribution in [0, 0.1) is 6.92 Å². The van der Waals surface area contributed by atoms with Gasteiger partial charge in [-0.05, 0) is 31.4 Å². The van der Waals surface area contributed by atoms with E-state index < -0.39 is 0 Å². The number of aromatic nitrogens is 1. The second-order valence-electron chi connectivity index (χ2n) is 4.10. The average Bonchev–Trinajstić information content (AvgIpc) is 2.77. The molecule has 1 fully saturated rings. The van der Waals surface area contributed by atoms with Gasteiger partial charge in [-0.1, -0.05) is 0 Å². The predicted octanol–water partition coefficient (Wildman–Crippen LogP) is 1.69. The Labute approximate surface area is 95.2 Å². The van der Waals surface area contributed by atoms with E-state index in [0.717, 1.165) is 36.9 Å². The molecular formula is C12H16N2O2. The lowest BCUT2D eigenvalue weighted by Gasteiger charge is -2.20. The zero-order valence-corrected chi connectivity index (χ0v) is 9.64. The van der Waals surface area contributed by atoms with Gasteiger partial charge in [0.15, 0.2) is 0 Å². The largest absolute Gasteiger partial charge is 0.481 e. The van der Waals surface area contributed by atoms with Gasteiger partial charge in [0.05, 0.1) is 13.2 Å². The zero-order chi connectivity index (χ0) is 11.5. The third-order valence-electron chi connectivity index (χ3n) is 3.06. The molecule has 1 amide bonds. The molecule has 0 spiro atoms. The lowest BCUT2D eigenvalue weighted by molar-refractivity contribution is -0.118. The van der Waals surface area contributed by atoms with Crippen molar-refractivity contribution in [1.29, 1.82) is 0 Å². The summed E-state index contributed by atoms with van der Waals surface area (Å²) in [5, 5.41) is 0. The number of amides is 1. The van der Waals surface area contributed by atoms with Crippen LogP contribution in [0.15, 0.2) is 12.3 Å². The van der Waals surface area contributed by atoms with Gasteiger partial charge in [-0.15, -0.1) is 0 Å². The van der Waals surface area contributed by atoms with Crippen molar-refractivity contribution >= 4 is 6.41 Å². The van der Waals surface area contributed by atoms with Crippen molar-refractivity contribution in [1.82, 2.24) is 9.88 Å². The van der Waals surface area contributed by atoms with Gasteiger partial charge in [0, 0.05) is 18.3 Å². The molecular weight excluding hydrogens is 204 g/mol. The summed E-state index contributed by atoms with van der Waals surface area (Å²) in [5.41, 5.74) is 2.11. The number of hydrogen-bond acceptors (Lipinski definition) is 3. The Bertz CT molecular complexity index is 393. The minimum atomic E-state index is 0.189. The van der Waals surface area contributed by atoms with E-state index >= 15 is 0 Å². The Hall–Kier alpha value is -1.58. The molecule has 1 aliphatic rings. The highest BCUT2D eigenvalue weighted by molar-refractivity contribution is 5.49. The van der Waals surface area contributed by atoms with Crippen molar-refractivity contribution in [3.8, 4) is 5.88 Å². The van der Waals surface area contributed by atoms with Crippen LogP contribution in [-0.2, 0) is 4.79 Å². The summed E-state index contributed by atoms with van der Waals surface area (Å²) in [5.74, 6) is 0.652. The van der Waals surface area contributed by atoms with Crippen LogP contribution < -0.4 is 4.74 Å². The van der Waals surface area contributed by atoms with Crippen molar-refractivity contribution in [3.05, 3.63) is 23.4 Å². The van der Waals surface area contributed by atoms with Gasteiger partial charge in [-0.3, -0.25) is 4.79 Å². The highest BCUT2D eigenvalue weighted by Crippen LogP contribution is 2.31. The Morgan fingerprint density at radius 3 is 3.06 bits per heavy atom. The third-order valence-corrected chi connectivity index (χ3v) is 3.06. The first-order valence-electron chi connectivity index (χ1n) is 5.48. The van der Waals surface area contributed by atoms with Crippen LogP contribution in [0.25, 0.3) is 0 Å². The predicted molar refractivity (Wildman–Crippen MR) is 60.3 cm³/mol. The van der Waals surface area contributed by atoms with Gasteiger partial charge in [0.25, 0.3) is 0 Å². The molecule has 0 N–H and O–H groups in total. The van der Waals surface area contributed by atoms with Crippen LogP contribution in [0.4, 0.5) is 0 Å². The molecule has 1 aliphatic heterocycles. The van der Waals surface area contributed by atoms with Gasteiger partial charge < -0.3 is 9.64 Å². The monoisotopic (exact) mass is 220 g/mol. The van der Waals surface area contributed by atoms with Gasteiger partial charge in [0.2, 0.25) is 12.3 Å². The summed E-state index contributed by atoms with van der Waals surface area (Å²) in [7, 11) is 1.61. The molecule has 1 atom stereocenters. The highest BCUT2D eigenvalue weighted by Gasteiger charge is 2.25. The van der Waals surface area contributed by atoms with Crippen LogP contribution >= 0.6 is 0 Å². The second kappa shape index (κ2) is 4.51. The number of hydrogen-bond donors (Lipinski definition) is 0. The number of aryl methyl sites for hydroxylation is 1. The molecule has 0 aliphatic carbocycles. The van der Waals surface area contributed by atoms with Crippen LogP contribution in [0.1, 0.15) is 30.0 Å². The van der Waals surface area contributed by atoms with E-state index in [9.17, 15) is 4.79 Å². The second-order valence-corrected chi connectivity index (χ2v) is 4.10. The van der Waals surface area contributed by atoms with Crippen LogP contribution in [0.2, 0.25) is 0 Å². The van der Waals surface area contributed by atoms with E-state index in [1.54, 1.807) is 13.3 Å². The van der Waals surface area contributed by atoms with E-state index in [4.69, 9.17) is 4.74 Å². The number of rotatable bonds is 3. The molecule has 1 unspecified atom stereocenters. The molecule has 2 rings (SSSR count). The molecule has 1 aromatic rings. The Morgan fingerprint density at radius 1 is 1.62 bits per heavy atom. The van der Waals surface area contributed by atoms with Gasteiger partial charge in [0.1, 0.15) is 0 Å². The summed E-state index contributed by atoms with van der Waals surface area (Å²) < 4.78 is 5.12. The van der Waals surface area contributed by atoms with E-state index in [2.05, 4.69) is 11.1 Å².